The van der Waals surface area contributed by atoms with Crippen molar-refractivity contribution in [2.45, 2.75) is 77.1 Å². The monoisotopic (exact) mass is 361 g/mol. The number of fused-ring (bicyclic) bond motifs is 5. The van der Waals surface area contributed by atoms with Crippen molar-refractivity contribution in [3.8, 4) is 6.07 Å². The van der Waals surface area contributed by atoms with Crippen LogP contribution in [0.5, 0.6) is 0 Å². The highest BCUT2D eigenvalue weighted by Crippen LogP contribution is 2.67. The van der Waals surface area contributed by atoms with Gasteiger partial charge >= 0.3 is 0 Å². The molecule has 0 spiro atoms. The zero-order valence-electron chi connectivity index (χ0n) is 16.8. The van der Waals surface area contributed by atoms with Gasteiger partial charge in [0.1, 0.15) is 0 Å². The third-order valence-corrected chi connectivity index (χ3v) is 9.33. The second-order valence-electron chi connectivity index (χ2n) is 10.1. The molecule has 4 rings (SSSR count). The van der Waals surface area contributed by atoms with Crippen LogP contribution in [0.3, 0.4) is 0 Å². The molecular formula is C22H35NO3. The topological polar surface area (TPSA) is 62.5 Å². The van der Waals surface area contributed by atoms with Crippen LogP contribution in [0.25, 0.3) is 0 Å². The van der Waals surface area contributed by atoms with Crippen molar-refractivity contribution in [1.29, 1.82) is 5.26 Å². The van der Waals surface area contributed by atoms with Gasteiger partial charge in [-0.2, -0.15) is 5.26 Å². The van der Waals surface area contributed by atoms with Crippen molar-refractivity contribution >= 4 is 0 Å². The fourth-order valence-corrected chi connectivity index (χ4v) is 8.02. The summed E-state index contributed by atoms with van der Waals surface area (Å²) >= 11 is 0. The first kappa shape index (κ1) is 18.7. The zero-order valence-corrected chi connectivity index (χ0v) is 16.8. The number of ether oxygens (including phenoxy) is 2. The van der Waals surface area contributed by atoms with Gasteiger partial charge in [0.05, 0.1) is 30.3 Å². The number of aliphatic hydroxyl groups is 1. The second kappa shape index (κ2) is 6.47. The second-order valence-corrected chi connectivity index (χ2v) is 10.1. The van der Waals surface area contributed by atoms with E-state index in [4.69, 9.17) is 9.47 Å². The molecule has 4 fully saturated rings. The Morgan fingerprint density at radius 3 is 2.31 bits per heavy atom. The van der Waals surface area contributed by atoms with Crippen molar-refractivity contribution in [3.63, 3.8) is 0 Å². The lowest BCUT2D eigenvalue weighted by molar-refractivity contribution is -0.204. The van der Waals surface area contributed by atoms with E-state index in [0.717, 1.165) is 25.7 Å². The van der Waals surface area contributed by atoms with Crippen LogP contribution in [0.2, 0.25) is 0 Å². The molecule has 0 aromatic heterocycles. The van der Waals surface area contributed by atoms with Crippen molar-refractivity contribution in [2.24, 2.45) is 40.4 Å². The molecule has 1 N–H and O–H groups in total. The van der Waals surface area contributed by atoms with E-state index in [0.29, 0.717) is 23.7 Å². The summed E-state index contributed by atoms with van der Waals surface area (Å²) in [7, 11) is 3.60. The van der Waals surface area contributed by atoms with Gasteiger partial charge in [-0.05, 0) is 79.4 Å². The quantitative estimate of drug-likeness (QED) is 0.813. The molecule has 10 unspecified atom stereocenters. The smallest absolute Gasteiger partial charge is 0.0835 e. The number of methoxy groups -OCH3 is 2. The fraction of sp³-hybridized carbons (Fsp3) is 0.955. The van der Waals surface area contributed by atoms with Gasteiger partial charge in [0.25, 0.3) is 0 Å². The Kier molecular flexibility index (Phi) is 4.66. The molecule has 0 aromatic rings. The first-order chi connectivity index (χ1) is 12.4. The Labute approximate surface area is 158 Å². The van der Waals surface area contributed by atoms with Crippen LogP contribution >= 0.6 is 0 Å². The van der Waals surface area contributed by atoms with Gasteiger partial charge in [-0.15, -0.1) is 0 Å². The maximum atomic E-state index is 10.5. The lowest BCUT2D eigenvalue weighted by atomic mass is 9.43. The molecule has 26 heavy (non-hydrogen) atoms. The van der Waals surface area contributed by atoms with E-state index in [1.165, 1.54) is 19.3 Å². The van der Waals surface area contributed by atoms with E-state index >= 15 is 0 Å². The molecule has 0 bridgehead atoms. The highest BCUT2D eigenvalue weighted by atomic mass is 16.5. The normalized spacial score (nSPS) is 56.2. The van der Waals surface area contributed by atoms with Crippen molar-refractivity contribution in [3.05, 3.63) is 0 Å². The predicted octanol–water partition coefficient (Wildman–Crippen LogP) is 3.78. The van der Waals surface area contributed by atoms with Gasteiger partial charge in [0.2, 0.25) is 0 Å². The highest BCUT2D eigenvalue weighted by molar-refractivity contribution is 5.15. The summed E-state index contributed by atoms with van der Waals surface area (Å²) in [6, 6.07) is 2.62. The average molecular weight is 362 g/mol. The lowest BCUT2D eigenvalue weighted by Crippen LogP contribution is -2.61. The Balaban J connectivity index is 1.70. The maximum Gasteiger partial charge on any atom is 0.0835 e. The van der Waals surface area contributed by atoms with E-state index in [2.05, 4.69) is 19.9 Å². The average Bonchev–Trinajstić information content (AvgIpc) is 2.96. The Morgan fingerprint density at radius 2 is 1.65 bits per heavy atom. The van der Waals surface area contributed by atoms with Crippen LogP contribution in [0.15, 0.2) is 0 Å². The number of rotatable bonds is 2. The molecule has 0 amide bonds. The molecule has 0 saturated heterocycles. The van der Waals surface area contributed by atoms with Crippen molar-refractivity contribution in [1.82, 2.24) is 0 Å². The summed E-state index contributed by atoms with van der Waals surface area (Å²) in [5.41, 5.74) is 0.268. The third-order valence-electron chi connectivity index (χ3n) is 9.33. The molecule has 4 saturated carbocycles. The van der Waals surface area contributed by atoms with E-state index in [9.17, 15) is 10.4 Å². The first-order valence-corrected chi connectivity index (χ1v) is 10.5. The first-order valence-electron chi connectivity index (χ1n) is 10.5. The highest BCUT2D eigenvalue weighted by Gasteiger charge is 2.64. The molecule has 10 atom stereocenters. The minimum atomic E-state index is -0.334. The summed E-state index contributed by atoms with van der Waals surface area (Å²) in [5, 5.41) is 20.2. The number of aliphatic hydroxyl groups excluding tert-OH is 1. The van der Waals surface area contributed by atoms with Gasteiger partial charge in [-0.1, -0.05) is 13.8 Å². The summed E-state index contributed by atoms with van der Waals surface area (Å²) < 4.78 is 11.8. The number of nitriles is 1. The molecule has 0 aliphatic heterocycles. The molecule has 0 radical (unpaired) electrons. The van der Waals surface area contributed by atoms with Crippen LogP contribution in [0, 0.1) is 51.8 Å². The Bertz CT molecular complexity index is 588. The number of hydrogen-bond acceptors (Lipinski definition) is 4. The standard InChI is InChI=1S/C22H35NO3/c1-21-11-19(26-4)20-15(16(21)8-6-14(21)12-23)7-5-13-9-17(24)18(25-3)10-22(13,20)2/h13-20,24H,5-11H2,1-4H3. The summed E-state index contributed by atoms with van der Waals surface area (Å²) in [4.78, 5) is 0. The van der Waals surface area contributed by atoms with Crippen molar-refractivity contribution in [2.75, 3.05) is 14.2 Å². The van der Waals surface area contributed by atoms with E-state index in [-0.39, 0.29) is 35.1 Å². The molecule has 0 aromatic carbocycles. The van der Waals surface area contributed by atoms with Crippen LogP contribution in [0.4, 0.5) is 0 Å². The van der Waals surface area contributed by atoms with E-state index in [1.807, 2.05) is 7.11 Å². The summed E-state index contributed by atoms with van der Waals surface area (Å²) in [5.74, 6) is 2.55. The van der Waals surface area contributed by atoms with Crippen LogP contribution in [-0.2, 0) is 9.47 Å². The number of hydrogen-bond donors (Lipinski definition) is 1. The predicted molar refractivity (Wildman–Crippen MR) is 99.2 cm³/mol. The zero-order chi connectivity index (χ0) is 18.7. The largest absolute Gasteiger partial charge is 0.390 e. The molecule has 4 nitrogen and oxygen atoms in total. The molecule has 0 heterocycles. The van der Waals surface area contributed by atoms with Crippen molar-refractivity contribution < 1.29 is 14.6 Å². The van der Waals surface area contributed by atoms with E-state index < -0.39 is 0 Å². The molecule has 4 aliphatic carbocycles. The van der Waals surface area contributed by atoms with Crippen LogP contribution < -0.4 is 0 Å². The van der Waals surface area contributed by atoms with Gasteiger partial charge in [-0.25, -0.2) is 0 Å². The minimum Gasteiger partial charge on any atom is -0.390 e. The van der Waals surface area contributed by atoms with Crippen LogP contribution in [-0.4, -0.2) is 37.6 Å². The van der Waals surface area contributed by atoms with Gasteiger partial charge in [0, 0.05) is 14.2 Å². The lowest BCUT2D eigenvalue weighted by Gasteiger charge is -2.63. The molecule has 4 heteroatoms. The maximum absolute atomic E-state index is 10.5. The Morgan fingerprint density at radius 1 is 0.962 bits per heavy atom. The summed E-state index contributed by atoms with van der Waals surface area (Å²) in [6.45, 7) is 4.80. The van der Waals surface area contributed by atoms with Gasteiger partial charge < -0.3 is 14.6 Å². The third kappa shape index (κ3) is 2.43. The SMILES string of the molecule is COC1CC2(C)C(CCC3C4CCC(C#N)C4(C)CC(OC)C32)CC1O. The van der Waals surface area contributed by atoms with Crippen LogP contribution in [0.1, 0.15) is 58.8 Å². The molecule has 146 valence electrons. The molecule has 4 aliphatic rings. The van der Waals surface area contributed by atoms with Gasteiger partial charge in [0.15, 0.2) is 0 Å². The number of nitrogens with zero attached hydrogens (tertiary/aromatic N) is 1. The van der Waals surface area contributed by atoms with Gasteiger partial charge in [-0.3, -0.25) is 0 Å². The fourth-order valence-electron chi connectivity index (χ4n) is 8.02. The Hall–Kier alpha value is -0.630. The summed E-state index contributed by atoms with van der Waals surface area (Å²) in [6.07, 6.45) is 7.31. The van der Waals surface area contributed by atoms with E-state index in [1.54, 1.807) is 7.11 Å². The molecular weight excluding hydrogens is 326 g/mol. The minimum absolute atomic E-state index is 0.0590.